The lowest BCUT2D eigenvalue weighted by molar-refractivity contribution is -0.137. The summed E-state index contributed by atoms with van der Waals surface area (Å²) in [5.74, 6) is -1.35. The molecule has 1 heterocycles. The lowest BCUT2D eigenvalue weighted by atomic mass is 9.88. The van der Waals surface area contributed by atoms with E-state index in [0.29, 0.717) is 12.8 Å². The first-order valence-electron chi connectivity index (χ1n) is 7.86. The third-order valence-corrected chi connectivity index (χ3v) is 4.32. The molecule has 0 saturated carbocycles. The van der Waals surface area contributed by atoms with Crippen LogP contribution in [0.4, 0.5) is 18.9 Å². The van der Waals surface area contributed by atoms with E-state index in [0.717, 1.165) is 29.9 Å². The van der Waals surface area contributed by atoms with Crippen LogP contribution in [0.15, 0.2) is 24.3 Å². The number of rotatable bonds is 5. The predicted octanol–water partition coefficient (Wildman–Crippen LogP) is 4.41. The van der Waals surface area contributed by atoms with Crippen LogP contribution in [0.1, 0.15) is 45.1 Å². The Kier molecular flexibility index (Phi) is 5.12. The molecule has 2 unspecified atom stereocenters. The van der Waals surface area contributed by atoms with E-state index in [1.54, 1.807) is 0 Å². The highest BCUT2D eigenvalue weighted by Gasteiger charge is 2.46. The van der Waals surface area contributed by atoms with Crippen molar-refractivity contribution in [3.63, 3.8) is 0 Å². The van der Waals surface area contributed by atoms with Gasteiger partial charge in [0, 0.05) is 0 Å². The van der Waals surface area contributed by atoms with Crippen molar-refractivity contribution in [2.24, 2.45) is 11.8 Å². The molecule has 0 spiro atoms. The standard InChI is InChI=1S/C17H20F3NO2/c1-3-5-6-14-13(4-2)15(22)21(16(14)23)12-9-7-11(8-10-12)17(18,19)20/h7-10,13-14H,3-6H2,1-2H3. The average Bonchev–Trinajstić information content (AvgIpc) is 2.74. The minimum absolute atomic E-state index is 0.213. The Morgan fingerprint density at radius 2 is 1.57 bits per heavy atom. The zero-order valence-corrected chi connectivity index (χ0v) is 13.2. The topological polar surface area (TPSA) is 37.4 Å². The summed E-state index contributed by atoms with van der Waals surface area (Å²) in [5, 5.41) is 0. The zero-order valence-electron chi connectivity index (χ0n) is 13.2. The number of imide groups is 1. The Labute approximate surface area is 133 Å². The largest absolute Gasteiger partial charge is 0.416 e. The maximum atomic E-state index is 12.6. The molecule has 0 radical (unpaired) electrons. The van der Waals surface area contributed by atoms with Crippen molar-refractivity contribution in [1.29, 1.82) is 0 Å². The second-order valence-electron chi connectivity index (χ2n) is 5.82. The van der Waals surface area contributed by atoms with Crippen LogP contribution < -0.4 is 4.90 Å². The number of benzene rings is 1. The summed E-state index contributed by atoms with van der Waals surface area (Å²) in [7, 11) is 0. The normalized spacial score (nSPS) is 22.0. The summed E-state index contributed by atoms with van der Waals surface area (Å²) in [6.07, 6.45) is -1.48. The van der Waals surface area contributed by atoms with Gasteiger partial charge in [0.15, 0.2) is 0 Å². The van der Waals surface area contributed by atoms with Gasteiger partial charge >= 0.3 is 6.18 Å². The molecule has 0 bridgehead atoms. The van der Waals surface area contributed by atoms with Crippen LogP contribution in [0.25, 0.3) is 0 Å². The van der Waals surface area contributed by atoms with Crippen LogP contribution in [0.3, 0.4) is 0 Å². The number of hydrogen-bond acceptors (Lipinski definition) is 2. The van der Waals surface area contributed by atoms with E-state index in [2.05, 4.69) is 0 Å². The van der Waals surface area contributed by atoms with E-state index in [1.165, 1.54) is 12.1 Å². The Morgan fingerprint density at radius 3 is 2.04 bits per heavy atom. The maximum Gasteiger partial charge on any atom is 0.416 e. The van der Waals surface area contributed by atoms with E-state index in [4.69, 9.17) is 0 Å². The molecule has 1 aromatic carbocycles. The SMILES string of the molecule is CCCCC1C(=O)N(c2ccc(C(F)(F)F)cc2)C(=O)C1CC. The molecule has 126 valence electrons. The fourth-order valence-corrected chi connectivity index (χ4v) is 3.05. The minimum atomic E-state index is -4.44. The predicted molar refractivity (Wildman–Crippen MR) is 80.7 cm³/mol. The smallest absolute Gasteiger partial charge is 0.274 e. The van der Waals surface area contributed by atoms with E-state index >= 15 is 0 Å². The molecule has 23 heavy (non-hydrogen) atoms. The Balaban J connectivity index is 2.28. The Bertz CT molecular complexity index is 580. The summed E-state index contributed by atoms with van der Waals surface area (Å²) < 4.78 is 37.9. The number of alkyl halides is 3. The van der Waals surface area contributed by atoms with E-state index in [1.807, 2.05) is 13.8 Å². The van der Waals surface area contributed by atoms with E-state index in [9.17, 15) is 22.8 Å². The molecule has 6 heteroatoms. The van der Waals surface area contributed by atoms with Gasteiger partial charge in [-0.25, -0.2) is 0 Å². The first-order chi connectivity index (χ1) is 10.8. The molecule has 1 aliphatic rings. The van der Waals surface area contributed by atoms with Gasteiger partial charge in [0.25, 0.3) is 0 Å². The molecule has 2 rings (SSSR count). The number of carbonyl (C=O) groups excluding carboxylic acids is 2. The van der Waals surface area contributed by atoms with Crippen LogP contribution in [-0.4, -0.2) is 11.8 Å². The van der Waals surface area contributed by atoms with Crippen LogP contribution in [-0.2, 0) is 15.8 Å². The lowest BCUT2D eigenvalue weighted by Crippen LogP contribution is -2.31. The van der Waals surface area contributed by atoms with E-state index in [-0.39, 0.29) is 29.3 Å². The first-order valence-corrected chi connectivity index (χ1v) is 7.86. The Hall–Kier alpha value is -1.85. The van der Waals surface area contributed by atoms with Crippen molar-refractivity contribution in [1.82, 2.24) is 0 Å². The van der Waals surface area contributed by atoms with Crippen LogP contribution in [0.5, 0.6) is 0 Å². The number of unbranched alkanes of at least 4 members (excludes halogenated alkanes) is 1. The summed E-state index contributed by atoms with van der Waals surface area (Å²) in [5.41, 5.74) is -0.583. The fraction of sp³-hybridized carbons (Fsp3) is 0.529. The second kappa shape index (κ2) is 6.72. The van der Waals surface area contributed by atoms with Crippen molar-refractivity contribution in [3.05, 3.63) is 29.8 Å². The third-order valence-electron chi connectivity index (χ3n) is 4.32. The van der Waals surface area contributed by atoms with Crippen LogP contribution in [0.2, 0.25) is 0 Å². The molecule has 0 aromatic heterocycles. The highest BCUT2D eigenvalue weighted by Crippen LogP contribution is 2.37. The first kappa shape index (κ1) is 17.5. The summed E-state index contributed by atoms with van der Waals surface area (Å²) in [4.78, 5) is 26.1. The maximum absolute atomic E-state index is 12.6. The molecule has 2 atom stereocenters. The average molecular weight is 327 g/mol. The molecule has 1 aliphatic heterocycles. The summed E-state index contributed by atoms with van der Waals surface area (Å²) in [6.45, 7) is 3.86. The quantitative estimate of drug-likeness (QED) is 0.751. The Morgan fingerprint density at radius 1 is 1.00 bits per heavy atom. The van der Waals surface area contributed by atoms with Crippen molar-refractivity contribution in [2.75, 3.05) is 4.90 Å². The van der Waals surface area contributed by atoms with Gasteiger partial charge in [-0.1, -0.05) is 26.7 Å². The minimum Gasteiger partial charge on any atom is -0.274 e. The van der Waals surface area contributed by atoms with Gasteiger partial charge < -0.3 is 0 Å². The van der Waals surface area contributed by atoms with Crippen molar-refractivity contribution in [2.45, 2.75) is 45.7 Å². The molecule has 0 N–H and O–H groups in total. The van der Waals surface area contributed by atoms with Gasteiger partial charge in [-0.2, -0.15) is 13.2 Å². The van der Waals surface area contributed by atoms with Gasteiger partial charge in [0.05, 0.1) is 23.1 Å². The number of hydrogen-bond donors (Lipinski definition) is 0. The van der Waals surface area contributed by atoms with Gasteiger partial charge in [0.1, 0.15) is 0 Å². The number of anilines is 1. The summed E-state index contributed by atoms with van der Waals surface area (Å²) in [6, 6.07) is 4.17. The molecular formula is C17H20F3NO2. The number of amides is 2. The van der Waals surface area contributed by atoms with Gasteiger partial charge in [-0.05, 0) is 37.1 Å². The molecule has 3 nitrogen and oxygen atoms in total. The molecule has 1 fully saturated rings. The molecule has 0 aliphatic carbocycles. The number of nitrogens with zero attached hydrogens (tertiary/aromatic N) is 1. The number of carbonyl (C=O) groups is 2. The second-order valence-corrected chi connectivity index (χ2v) is 5.82. The zero-order chi connectivity index (χ0) is 17.2. The third kappa shape index (κ3) is 3.41. The van der Waals surface area contributed by atoms with E-state index < -0.39 is 11.7 Å². The van der Waals surface area contributed by atoms with Crippen molar-refractivity contribution >= 4 is 17.5 Å². The fourth-order valence-electron chi connectivity index (χ4n) is 3.05. The van der Waals surface area contributed by atoms with Crippen LogP contribution in [0, 0.1) is 11.8 Å². The lowest BCUT2D eigenvalue weighted by Gasteiger charge is -2.16. The summed E-state index contributed by atoms with van der Waals surface area (Å²) >= 11 is 0. The molecule has 1 saturated heterocycles. The molecule has 2 amide bonds. The van der Waals surface area contributed by atoms with Crippen LogP contribution >= 0.6 is 0 Å². The van der Waals surface area contributed by atoms with Crippen molar-refractivity contribution in [3.8, 4) is 0 Å². The number of halogens is 3. The highest BCUT2D eigenvalue weighted by molar-refractivity contribution is 6.22. The van der Waals surface area contributed by atoms with Crippen molar-refractivity contribution < 1.29 is 22.8 Å². The van der Waals surface area contributed by atoms with Gasteiger partial charge in [-0.3, -0.25) is 14.5 Å². The van der Waals surface area contributed by atoms with Gasteiger partial charge in [0.2, 0.25) is 11.8 Å². The highest BCUT2D eigenvalue weighted by atomic mass is 19.4. The monoisotopic (exact) mass is 327 g/mol. The molecular weight excluding hydrogens is 307 g/mol. The molecule has 1 aromatic rings. The van der Waals surface area contributed by atoms with Gasteiger partial charge in [-0.15, -0.1) is 0 Å².